The van der Waals surface area contributed by atoms with Crippen molar-refractivity contribution in [2.24, 2.45) is 5.92 Å². The summed E-state index contributed by atoms with van der Waals surface area (Å²) in [4.78, 5) is 4.39. The number of likely N-dealkylation sites (N-methyl/N-ethyl adjacent to an activating group) is 1. The quantitative estimate of drug-likeness (QED) is 0.801. The van der Waals surface area contributed by atoms with E-state index in [0.717, 1.165) is 31.8 Å². The lowest BCUT2D eigenvalue weighted by Gasteiger charge is -2.28. The maximum atomic E-state index is 9.59. The highest BCUT2D eigenvalue weighted by Gasteiger charge is 2.45. The van der Waals surface area contributed by atoms with Gasteiger partial charge >= 0.3 is 0 Å². The number of aryl methyl sites for hydroxylation is 1. The highest BCUT2D eigenvalue weighted by molar-refractivity contribution is 5.16. The Kier molecular flexibility index (Phi) is 4.03. The van der Waals surface area contributed by atoms with Crippen molar-refractivity contribution < 1.29 is 0 Å². The van der Waals surface area contributed by atoms with E-state index in [1.165, 1.54) is 12.8 Å². The van der Waals surface area contributed by atoms with Gasteiger partial charge in [-0.1, -0.05) is 13.8 Å². The zero-order valence-corrected chi connectivity index (χ0v) is 11.3. The summed E-state index contributed by atoms with van der Waals surface area (Å²) in [7, 11) is 0. The van der Waals surface area contributed by atoms with Crippen LogP contribution in [0.4, 0.5) is 0 Å². The predicted octanol–water partition coefficient (Wildman–Crippen LogP) is 2.12. The van der Waals surface area contributed by atoms with E-state index in [2.05, 4.69) is 34.8 Å². The molecule has 1 saturated carbocycles. The number of nitrogens with zero attached hydrogens (tertiary/aromatic N) is 3. The summed E-state index contributed by atoms with van der Waals surface area (Å²) in [5, 5.41) is 13.0. The summed E-state index contributed by atoms with van der Waals surface area (Å²) in [6.07, 6.45) is 8.23. The lowest BCUT2D eigenvalue weighted by molar-refractivity contribution is 0.320. The Hall–Kier alpha value is -1.34. The molecule has 1 aliphatic carbocycles. The first-order valence-electron chi connectivity index (χ1n) is 6.92. The van der Waals surface area contributed by atoms with Crippen molar-refractivity contribution in [3.8, 4) is 6.07 Å². The van der Waals surface area contributed by atoms with Crippen molar-refractivity contribution in [3.63, 3.8) is 0 Å². The van der Waals surface area contributed by atoms with E-state index in [9.17, 15) is 5.26 Å². The fraction of sp³-hybridized carbons (Fsp3) is 0.714. The van der Waals surface area contributed by atoms with Gasteiger partial charge in [0.15, 0.2) is 0 Å². The molecule has 1 unspecified atom stereocenters. The van der Waals surface area contributed by atoms with Gasteiger partial charge in [0.25, 0.3) is 0 Å². The second-order valence-electron chi connectivity index (χ2n) is 5.11. The van der Waals surface area contributed by atoms with Crippen LogP contribution in [0.1, 0.15) is 38.9 Å². The van der Waals surface area contributed by atoms with Gasteiger partial charge in [-0.25, -0.2) is 4.98 Å². The number of imidazole rings is 1. The van der Waals surface area contributed by atoms with E-state index in [1.54, 1.807) is 0 Å². The highest BCUT2D eigenvalue weighted by Crippen LogP contribution is 2.40. The lowest BCUT2D eigenvalue weighted by atomic mass is 9.94. The zero-order valence-electron chi connectivity index (χ0n) is 11.3. The molecule has 4 heteroatoms. The summed E-state index contributed by atoms with van der Waals surface area (Å²) < 4.78 is 2.15. The Morgan fingerprint density at radius 2 is 2.33 bits per heavy atom. The minimum Gasteiger partial charge on any atom is -0.332 e. The summed E-state index contributed by atoms with van der Waals surface area (Å²) in [6, 6.07) is 2.53. The normalized spacial score (nSPS) is 18.3. The number of nitrogens with one attached hydrogen (secondary N) is 1. The minimum atomic E-state index is -0.405. The van der Waals surface area contributed by atoms with Gasteiger partial charge in [0.05, 0.1) is 12.6 Å². The van der Waals surface area contributed by atoms with Gasteiger partial charge in [-0.05, 0) is 31.7 Å². The molecule has 0 aromatic carbocycles. The zero-order chi connectivity index (χ0) is 13.0. The molecule has 0 bridgehead atoms. The van der Waals surface area contributed by atoms with Crippen molar-refractivity contribution >= 4 is 0 Å². The SMILES string of the molecule is CCCc1nccn1CC(C#N)(NCC)C1CC1. The van der Waals surface area contributed by atoms with E-state index >= 15 is 0 Å². The molecule has 1 heterocycles. The second kappa shape index (κ2) is 5.53. The molecular formula is C14H22N4. The molecule has 2 rings (SSSR count). The van der Waals surface area contributed by atoms with Gasteiger partial charge in [-0.3, -0.25) is 5.32 Å². The Labute approximate surface area is 109 Å². The molecule has 1 atom stereocenters. The third-order valence-electron chi connectivity index (χ3n) is 3.66. The molecule has 1 aromatic rings. The third-order valence-corrected chi connectivity index (χ3v) is 3.66. The number of nitriles is 1. The maximum Gasteiger partial charge on any atom is 0.127 e. The molecule has 0 aliphatic heterocycles. The molecule has 0 spiro atoms. The van der Waals surface area contributed by atoms with Crippen LogP contribution in [-0.2, 0) is 13.0 Å². The molecule has 1 fully saturated rings. The molecular weight excluding hydrogens is 224 g/mol. The van der Waals surface area contributed by atoms with Crippen LogP contribution in [-0.4, -0.2) is 21.6 Å². The average molecular weight is 246 g/mol. The molecule has 1 aromatic heterocycles. The van der Waals surface area contributed by atoms with Crippen LogP contribution in [0.5, 0.6) is 0 Å². The molecule has 1 aliphatic rings. The summed E-state index contributed by atoms with van der Waals surface area (Å²) in [5.41, 5.74) is -0.405. The van der Waals surface area contributed by atoms with Gasteiger partial charge in [0.2, 0.25) is 0 Å². The highest BCUT2D eigenvalue weighted by atomic mass is 15.1. The largest absolute Gasteiger partial charge is 0.332 e. The Morgan fingerprint density at radius 1 is 1.56 bits per heavy atom. The van der Waals surface area contributed by atoms with E-state index in [-0.39, 0.29) is 0 Å². The number of hydrogen-bond donors (Lipinski definition) is 1. The van der Waals surface area contributed by atoms with Gasteiger partial charge < -0.3 is 4.57 Å². The molecule has 0 saturated heterocycles. The van der Waals surface area contributed by atoms with Crippen molar-refractivity contribution in [2.75, 3.05) is 6.54 Å². The standard InChI is InChI=1S/C14H22N4/c1-3-5-13-16-8-9-18(13)11-14(10-15,17-4-2)12-6-7-12/h8-9,12,17H,3-7,11H2,1-2H3. The molecule has 0 radical (unpaired) electrons. The van der Waals surface area contributed by atoms with E-state index in [0.29, 0.717) is 5.92 Å². The van der Waals surface area contributed by atoms with Crippen molar-refractivity contribution in [1.29, 1.82) is 5.26 Å². The first-order valence-corrected chi connectivity index (χ1v) is 6.92. The monoisotopic (exact) mass is 246 g/mol. The van der Waals surface area contributed by atoms with Crippen molar-refractivity contribution in [1.82, 2.24) is 14.9 Å². The molecule has 1 N–H and O–H groups in total. The Bertz CT molecular complexity index is 427. The lowest BCUT2D eigenvalue weighted by Crippen LogP contribution is -2.49. The van der Waals surface area contributed by atoms with E-state index in [1.807, 2.05) is 12.4 Å². The first kappa shape index (κ1) is 13.1. The fourth-order valence-electron chi connectivity index (χ4n) is 2.59. The number of rotatable bonds is 7. The first-order chi connectivity index (χ1) is 8.75. The van der Waals surface area contributed by atoms with Gasteiger partial charge in [-0.15, -0.1) is 0 Å². The minimum absolute atomic E-state index is 0.405. The van der Waals surface area contributed by atoms with Crippen LogP contribution < -0.4 is 5.32 Å². The molecule has 18 heavy (non-hydrogen) atoms. The van der Waals surface area contributed by atoms with E-state index in [4.69, 9.17) is 0 Å². The van der Waals surface area contributed by atoms with Crippen LogP contribution in [0.2, 0.25) is 0 Å². The van der Waals surface area contributed by atoms with Gasteiger partial charge in [-0.2, -0.15) is 5.26 Å². The summed E-state index contributed by atoms with van der Waals surface area (Å²) in [5.74, 6) is 1.59. The second-order valence-corrected chi connectivity index (χ2v) is 5.11. The third kappa shape index (κ3) is 2.56. The van der Waals surface area contributed by atoms with Crippen molar-refractivity contribution in [2.45, 2.75) is 51.6 Å². The molecule has 0 amide bonds. The Morgan fingerprint density at radius 3 is 2.89 bits per heavy atom. The molecule has 98 valence electrons. The van der Waals surface area contributed by atoms with Crippen LogP contribution in [0.3, 0.4) is 0 Å². The van der Waals surface area contributed by atoms with Crippen LogP contribution in [0.15, 0.2) is 12.4 Å². The number of hydrogen-bond acceptors (Lipinski definition) is 3. The van der Waals surface area contributed by atoms with E-state index < -0.39 is 5.54 Å². The van der Waals surface area contributed by atoms with Crippen LogP contribution in [0.25, 0.3) is 0 Å². The summed E-state index contributed by atoms with van der Waals surface area (Å²) >= 11 is 0. The topological polar surface area (TPSA) is 53.6 Å². The van der Waals surface area contributed by atoms with Crippen LogP contribution >= 0.6 is 0 Å². The number of aromatic nitrogens is 2. The van der Waals surface area contributed by atoms with Crippen LogP contribution in [0, 0.1) is 17.2 Å². The average Bonchev–Trinajstić information content (AvgIpc) is 3.14. The van der Waals surface area contributed by atoms with Crippen molar-refractivity contribution in [3.05, 3.63) is 18.2 Å². The predicted molar refractivity (Wildman–Crippen MR) is 71.0 cm³/mol. The smallest absolute Gasteiger partial charge is 0.127 e. The molecule has 4 nitrogen and oxygen atoms in total. The van der Waals surface area contributed by atoms with Gasteiger partial charge in [0, 0.05) is 18.8 Å². The Balaban J connectivity index is 2.17. The summed E-state index contributed by atoms with van der Waals surface area (Å²) in [6.45, 7) is 5.77. The maximum absolute atomic E-state index is 9.59. The fourth-order valence-corrected chi connectivity index (χ4v) is 2.59. The van der Waals surface area contributed by atoms with Gasteiger partial charge in [0.1, 0.15) is 11.4 Å².